The van der Waals surface area contributed by atoms with E-state index in [0.29, 0.717) is 42.2 Å². The molecule has 2 N–H and O–H groups in total. The minimum atomic E-state index is -3.60. The third-order valence-electron chi connectivity index (χ3n) is 9.70. The first kappa shape index (κ1) is 36.7. The molecule has 0 unspecified atom stereocenters. The molecule has 2 aromatic rings. The van der Waals surface area contributed by atoms with Gasteiger partial charge in [-0.05, 0) is 107 Å². The second kappa shape index (κ2) is 15.1. The molecule has 4 atom stereocenters. The van der Waals surface area contributed by atoms with E-state index in [1.807, 2.05) is 12.1 Å². The fourth-order valence-electron chi connectivity index (χ4n) is 7.26. The molecule has 12 heteroatoms. The summed E-state index contributed by atoms with van der Waals surface area (Å²) in [6.07, 6.45) is 2.66. The fraction of sp³-hybridized carbons (Fsp3) is 0.611. The number of piperazine rings is 1. The number of sulfonamides is 1. The summed E-state index contributed by atoms with van der Waals surface area (Å²) >= 11 is 6.16. The van der Waals surface area contributed by atoms with Crippen LogP contribution in [-0.2, 0) is 37.1 Å². The Balaban J connectivity index is 1.36. The fourth-order valence-corrected chi connectivity index (χ4v) is 9.62. The average Bonchev–Trinajstić information content (AvgIpc) is 3.88. The van der Waals surface area contributed by atoms with Gasteiger partial charge in [0, 0.05) is 55.7 Å². The Kier molecular flexibility index (Phi) is 11.6. The Morgan fingerprint density at radius 2 is 1.73 bits per heavy atom. The van der Waals surface area contributed by atoms with E-state index in [1.165, 1.54) is 10.4 Å². The number of amides is 1. The molecule has 1 aliphatic carbocycles. The van der Waals surface area contributed by atoms with E-state index in [4.69, 9.17) is 26.8 Å². The van der Waals surface area contributed by atoms with E-state index in [2.05, 4.69) is 0 Å². The molecule has 9 nitrogen and oxygen atoms in total. The molecule has 1 amide bonds. The number of nitrogens with zero attached hydrogens (tertiary/aromatic N) is 2. The highest BCUT2D eigenvalue weighted by Gasteiger charge is 2.48. The first-order valence-corrected chi connectivity index (χ1v) is 18.9. The number of hydrogen-bond donors (Lipinski definition) is 1. The Morgan fingerprint density at radius 3 is 2.35 bits per heavy atom. The van der Waals surface area contributed by atoms with Crippen LogP contribution in [0.5, 0.6) is 0 Å². The van der Waals surface area contributed by atoms with Crippen LogP contribution in [-0.4, -0.2) is 84.8 Å². The van der Waals surface area contributed by atoms with Gasteiger partial charge >= 0.3 is 6.09 Å². The Bertz CT molecular complexity index is 1560. The molecule has 2 heterocycles. The van der Waals surface area contributed by atoms with Crippen LogP contribution in [0.15, 0.2) is 42.5 Å². The molecule has 1 saturated carbocycles. The van der Waals surface area contributed by atoms with E-state index in [-0.39, 0.29) is 50.0 Å². The molecule has 2 aliphatic heterocycles. The standard InChI is InChI=1S/C36H49ClFN3O6S/c1-23-21-40(35(43)47-36(2,3)4)22-28(41(23)48(44,45)29-13-14-29)12-15-30-26(6-5-7-31(30)38)20-32(42)34(39)33(25-16-18-46-19-17-25)24-8-10-27(37)11-9-24/h5-11,23,25,28-29,33-34H,12-22,39H2,1-4H3/t23-,28-,33-,34+/m0/s1. The average molecular weight is 706 g/mol. The molecule has 2 saturated heterocycles. The number of hydrogen-bond acceptors (Lipinski definition) is 7. The van der Waals surface area contributed by atoms with Crippen molar-refractivity contribution in [2.75, 3.05) is 26.3 Å². The lowest BCUT2D eigenvalue weighted by molar-refractivity contribution is -0.120. The number of ether oxygens (including phenoxy) is 2. The number of nitrogens with two attached hydrogens (primary N) is 1. The van der Waals surface area contributed by atoms with Gasteiger partial charge in [0.1, 0.15) is 11.4 Å². The van der Waals surface area contributed by atoms with Crippen LogP contribution in [0.25, 0.3) is 0 Å². The van der Waals surface area contributed by atoms with E-state index in [0.717, 1.165) is 18.4 Å². The minimum Gasteiger partial charge on any atom is -0.444 e. The van der Waals surface area contributed by atoms with Gasteiger partial charge in [-0.25, -0.2) is 17.6 Å². The zero-order chi connectivity index (χ0) is 34.8. The topological polar surface area (TPSA) is 119 Å². The quantitative estimate of drug-likeness (QED) is 0.311. The number of halogens is 2. The number of carbonyl (C=O) groups is 2. The molecule has 3 fully saturated rings. The van der Waals surface area contributed by atoms with Crippen molar-refractivity contribution < 1.29 is 31.9 Å². The molecular formula is C36H49ClFN3O6S. The lowest BCUT2D eigenvalue weighted by Crippen LogP contribution is -2.61. The van der Waals surface area contributed by atoms with Crippen molar-refractivity contribution >= 4 is 33.5 Å². The Hall–Kier alpha value is -2.57. The molecule has 264 valence electrons. The minimum absolute atomic E-state index is 0.0588. The van der Waals surface area contributed by atoms with Crippen molar-refractivity contribution in [2.24, 2.45) is 11.7 Å². The normalized spacial score (nSPS) is 22.7. The van der Waals surface area contributed by atoms with E-state index < -0.39 is 50.9 Å². The van der Waals surface area contributed by atoms with Crippen molar-refractivity contribution in [3.8, 4) is 0 Å². The maximum absolute atomic E-state index is 15.6. The van der Waals surface area contributed by atoms with Gasteiger partial charge in [-0.2, -0.15) is 4.31 Å². The summed E-state index contributed by atoms with van der Waals surface area (Å²) in [5, 5.41) is 0.168. The number of carbonyl (C=O) groups excluding carboxylic acids is 2. The zero-order valence-electron chi connectivity index (χ0n) is 28.4. The molecule has 0 aromatic heterocycles. The maximum atomic E-state index is 15.6. The first-order valence-electron chi connectivity index (χ1n) is 17.0. The monoisotopic (exact) mass is 705 g/mol. The van der Waals surface area contributed by atoms with Gasteiger partial charge in [0.25, 0.3) is 0 Å². The van der Waals surface area contributed by atoms with Crippen molar-refractivity contribution in [1.29, 1.82) is 0 Å². The largest absolute Gasteiger partial charge is 0.444 e. The molecular weight excluding hydrogens is 657 g/mol. The van der Waals surface area contributed by atoms with Crippen molar-refractivity contribution in [2.45, 2.75) is 108 Å². The molecule has 0 radical (unpaired) electrons. The van der Waals surface area contributed by atoms with Gasteiger partial charge in [-0.15, -0.1) is 0 Å². The van der Waals surface area contributed by atoms with Gasteiger partial charge in [-0.1, -0.05) is 35.9 Å². The van der Waals surface area contributed by atoms with Crippen LogP contribution in [0.1, 0.15) is 82.4 Å². The number of ketones is 1. The van der Waals surface area contributed by atoms with Crippen LogP contribution in [0, 0.1) is 11.7 Å². The highest BCUT2D eigenvalue weighted by molar-refractivity contribution is 7.90. The lowest BCUT2D eigenvalue weighted by atomic mass is 9.75. The molecule has 2 aromatic carbocycles. The molecule has 5 rings (SSSR count). The molecule has 0 bridgehead atoms. The van der Waals surface area contributed by atoms with E-state index in [9.17, 15) is 18.0 Å². The summed E-state index contributed by atoms with van der Waals surface area (Å²) in [6.45, 7) is 8.69. The molecule has 48 heavy (non-hydrogen) atoms. The highest BCUT2D eigenvalue weighted by atomic mass is 35.5. The molecule has 0 spiro atoms. The third kappa shape index (κ3) is 8.77. The number of Topliss-reactive ketones (excluding diaryl/α,β-unsaturated/α-hetero) is 1. The predicted octanol–water partition coefficient (Wildman–Crippen LogP) is 5.86. The summed E-state index contributed by atoms with van der Waals surface area (Å²) in [7, 11) is -3.60. The van der Waals surface area contributed by atoms with Gasteiger partial charge in [0.05, 0.1) is 11.3 Å². The van der Waals surface area contributed by atoms with Crippen LogP contribution >= 0.6 is 11.6 Å². The van der Waals surface area contributed by atoms with Gasteiger partial charge in [0.2, 0.25) is 10.0 Å². The van der Waals surface area contributed by atoms with Gasteiger partial charge < -0.3 is 20.1 Å². The smallest absolute Gasteiger partial charge is 0.410 e. The van der Waals surface area contributed by atoms with Gasteiger partial charge in [-0.3, -0.25) is 4.79 Å². The third-order valence-corrected chi connectivity index (χ3v) is 12.5. The summed E-state index contributed by atoms with van der Waals surface area (Å²) in [5.74, 6) is -0.767. The summed E-state index contributed by atoms with van der Waals surface area (Å²) in [6, 6.07) is 10.2. The number of rotatable bonds is 11. The Labute approximate surface area is 289 Å². The summed E-state index contributed by atoms with van der Waals surface area (Å²) in [5.41, 5.74) is 7.87. The zero-order valence-corrected chi connectivity index (χ0v) is 29.9. The second-order valence-corrected chi connectivity index (χ2v) is 17.1. The summed E-state index contributed by atoms with van der Waals surface area (Å²) in [4.78, 5) is 28.5. The second-order valence-electron chi connectivity index (χ2n) is 14.6. The van der Waals surface area contributed by atoms with Crippen LogP contribution in [0.4, 0.5) is 9.18 Å². The SMILES string of the molecule is C[C@H]1CN(C(=O)OC(C)(C)C)C[C@H](CCc2c(F)cccc2CC(=O)[C@@H](N)[C@@H](c2ccc(Cl)cc2)C2CCOCC2)N1S(=O)(=O)C1CC1. The maximum Gasteiger partial charge on any atom is 0.410 e. The highest BCUT2D eigenvalue weighted by Crippen LogP contribution is 2.37. The number of benzene rings is 2. The summed E-state index contributed by atoms with van der Waals surface area (Å²) < 4.78 is 55.5. The van der Waals surface area contributed by atoms with Crippen molar-refractivity contribution in [1.82, 2.24) is 9.21 Å². The molecule has 3 aliphatic rings. The predicted molar refractivity (Wildman–Crippen MR) is 184 cm³/mol. The van der Waals surface area contributed by atoms with Crippen LogP contribution < -0.4 is 5.73 Å². The van der Waals surface area contributed by atoms with Crippen LogP contribution in [0.3, 0.4) is 0 Å². The first-order chi connectivity index (χ1) is 22.7. The van der Waals surface area contributed by atoms with Crippen molar-refractivity contribution in [3.63, 3.8) is 0 Å². The van der Waals surface area contributed by atoms with Crippen molar-refractivity contribution in [3.05, 3.63) is 70.0 Å². The van der Waals surface area contributed by atoms with E-state index in [1.54, 1.807) is 56.9 Å². The Morgan fingerprint density at radius 1 is 1.06 bits per heavy atom. The lowest BCUT2D eigenvalue weighted by Gasteiger charge is -2.45. The van der Waals surface area contributed by atoms with Gasteiger partial charge in [0.15, 0.2) is 5.78 Å². The van der Waals surface area contributed by atoms with Crippen LogP contribution in [0.2, 0.25) is 5.02 Å². The van der Waals surface area contributed by atoms with E-state index >= 15 is 4.39 Å².